The highest BCUT2D eigenvalue weighted by Gasteiger charge is 2.37. The van der Waals surface area contributed by atoms with Crippen molar-refractivity contribution in [2.45, 2.75) is 32.7 Å². The van der Waals surface area contributed by atoms with Crippen LogP contribution in [0.15, 0.2) is 30.5 Å². The molecule has 0 bridgehead atoms. The van der Waals surface area contributed by atoms with Gasteiger partial charge in [-0.2, -0.15) is 5.10 Å². The fraction of sp³-hybridized carbons (Fsp3) is 0.429. The zero-order chi connectivity index (χ0) is 21.5. The van der Waals surface area contributed by atoms with Crippen LogP contribution in [0, 0.1) is 5.41 Å². The molecule has 1 saturated heterocycles. The number of ether oxygens (including phenoxy) is 1. The number of hydrogen-bond acceptors (Lipinski definition) is 6. The van der Waals surface area contributed by atoms with Gasteiger partial charge in [0.1, 0.15) is 12.3 Å². The Morgan fingerprint density at radius 1 is 1.30 bits per heavy atom. The summed E-state index contributed by atoms with van der Waals surface area (Å²) >= 11 is 0.929. The molecule has 3 amide bonds. The van der Waals surface area contributed by atoms with E-state index in [0.29, 0.717) is 0 Å². The fourth-order valence-electron chi connectivity index (χ4n) is 4.03. The Labute approximate surface area is 178 Å². The van der Waals surface area contributed by atoms with Crippen LogP contribution in [0.1, 0.15) is 37.6 Å². The van der Waals surface area contributed by atoms with Crippen molar-refractivity contribution in [3.63, 3.8) is 0 Å². The van der Waals surface area contributed by atoms with Crippen molar-refractivity contribution in [1.82, 2.24) is 20.0 Å². The van der Waals surface area contributed by atoms with Gasteiger partial charge in [0.15, 0.2) is 0 Å². The van der Waals surface area contributed by atoms with Crippen molar-refractivity contribution in [1.29, 1.82) is 0 Å². The van der Waals surface area contributed by atoms with Crippen LogP contribution in [-0.4, -0.2) is 51.1 Å². The predicted molar refractivity (Wildman–Crippen MR) is 113 cm³/mol. The molecule has 1 atom stereocenters. The molecular weight excluding hydrogens is 404 g/mol. The van der Waals surface area contributed by atoms with Gasteiger partial charge in [0.05, 0.1) is 36.5 Å². The summed E-state index contributed by atoms with van der Waals surface area (Å²) in [6.45, 7) is 4.07. The number of benzene rings is 1. The molecule has 158 valence electrons. The minimum atomic E-state index is -0.368. The number of aromatic nitrogens is 2. The monoisotopic (exact) mass is 428 g/mol. The van der Waals surface area contributed by atoms with Crippen molar-refractivity contribution < 1.29 is 19.1 Å². The number of nitrogens with one attached hydrogen (secondary N) is 1. The molecule has 0 spiro atoms. The summed E-state index contributed by atoms with van der Waals surface area (Å²) in [6.07, 6.45) is 3.36. The number of thioether (sulfide) groups is 1. The Balaban J connectivity index is 1.57. The second-order valence-electron chi connectivity index (χ2n) is 8.36. The highest BCUT2D eigenvalue weighted by Crippen LogP contribution is 2.41. The summed E-state index contributed by atoms with van der Waals surface area (Å²) in [5.74, 6) is 0.207. The van der Waals surface area contributed by atoms with E-state index in [0.717, 1.165) is 52.2 Å². The molecule has 1 aliphatic heterocycles. The van der Waals surface area contributed by atoms with Gasteiger partial charge in [0, 0.05) is 5.56 Å². The second-order valence-corrected chi connectivity index (χ2v) is 9.28. The first kappa shape index (κ1) is 20.5. The van der Waals surface area contributed by atoms with E-state index >= 15 is 0 Å². The Morgan fingerprint density at radius 3 is 2.67 bits per heavy atom. The smallest absolute Gasteiger partial charge is 0.289 e. The van der Waals surface area contributed by atoms with Crippen LogP contribution in [-0.2, 0) is 16.0 Å². The lowest BCUT2D eigenvalue weighted by molar-refractivity contribution is -0.131. The summed E-state index contributed by atoms with van der Waals surface area (Å²) < 4.78 is 7.13. The minimum Gasteiger partial charge on any atom is -0.497 e. The van der Waals surface area contributed by atoms with Gasteiger partial charge in [-0.3, -0.25) is 19.3 Å². The van der Waals surface area contributed by atoms with Gasteiger partial charge in [0.2, 0.25) is 11.8 Å². The lowest BCUT2D eigenvalue weighted by Crippen LogP contribution is -2.43. The number of carbonyl (C=O) groups excluding carboxylic acids is 3. The Bertz CT molecular complexity index is 983. The normalized spacial score (nSPS) is 20.2. The van der Waals surface area contributed by atoms with Crippen LogP contribution in [0.4, 0.5) is 4.79 Å². The largest absolute Gasteiger partial charge is 0.497 e. The summed E-state index contributed by atoms with van der Waals surface area (Å²) in [6, 6.07) is 7.44. The second kappa shape index (κ2) is 7.79. The maximum absolute atomic E-state index is 12.6. The third-order valence-electron chi connectivity index (χ3n) is 5.47. The molecule has 8 nitrogen and oxygen atoms in total. The summed E-state index contributed by atoms with van der Waals surface area (Å²) in [7, 11) is 1.63. The number of hydrogen-bond donors (Lipinski definition) is 1. The molecule has 2 heterocycles. The van der Waals surface area contributed by atoms with Crippen LogP contribution < -0.4 is 10.1 Å². The number of imide groups is 1. The topological polar surface area (TPSA) is 93.5 Å². The molecule has 2 aliphatic rings. The third kappa shape index (κ3) is 3.94. The molecule has 1 N–H and O–H groups in total. The van der Waals surface area contributed by atoms with E-state index in [4.69, 9.17) is 4.74 Å². The van der Waals surface area contributed by atoms with Crippen LogP contribution in [0.5, 0.6) is 5.75 Å². The number of carbonyl (C=O) groups is 3. The first-order valence-corrected chi connectivity index (χ1v) is 10.7. The van der Waals surface area contributed by atoms with Crippen LogP contribution in [0.2, 0.25) is 0 Å². The predicted octanol–water partition coefficient (Wildman–Crippen LogP) is 2.71. The van der Waals surface area contributed by atoms with Gasteiger partial charge in [-0.05, 0) is 42.5 Å². The standard InChI is InChI=1S/C21H24N4O4S/c1-21(2)8-16(23-18(26)11-24-19(27)12-30-20(24)28)15-10-22-25(17(15)9-21)13-4-6-14(29-3)7-5-13/h4-7,10,16H,8-9,11-12H2,1-3H3,(H,23,26)/t16-/m1/s1. The van der Waals surface area contributed by atoms with Gasteiger partial charge < -0.3 is 10.1 Å². The molecule has 9 heteroatoms. The van der Waals surface area contributed by atoms with E-state index in [1.165, 1.54) is 0 Å². The van der Waals surface area contributed by atoms with E-state index in [1.807, 2.05) is 28.9 Å². The highest BCUT2D eigenvalue weighted by molar-refractivity contribution is 8.14. The molecule has 1 aliphatic carbocycles. The van der Waals surface area contributed by atoms with Crippen LogP contribution in [0.25, 0.3) is 5.69 Å². The minimum absolute atomic E-state index is 0.0513. The molecule has 1 aromatic carbocycles. The van der Waals surface area contributed by atoms with Gasteiger partial charge in [-0.1, -0.05) is 25.6 Å². The van der Waals surface area contributed by atoms with E-state index in [-0.39, 0.29) is 40.8 Å². The first-order valence-electron chi connectivity index (χ1n) is 9.75. The molecule has 0 radical (unpaired) electrons. The zero-order valence-electron chi connectivity index (χ0n) is 17.2. The quantitative estimate of drug-likeness (QED) is 0.787. The van der Waals surface area contributed by atoms with Gasteiger partial charge in [-0.25, -0.2) is 4.68 Å². The van der Waals surface area contributed by atoms with Crippen molar-refractivity contribution in [3.8, 4) is 11.4 Å². The molecule has 0 saturated carbocycles. The molecule has 1 fully saturated rings. The lowest BCUT2D eigenvalue weighted by Gasteiger charge is -2.36. The van der Waals surface area contributed by atoms with Gasteiger partial charge in [-0.15, -0.1) is 0 Å². The number of fused-ring (bicyclic) bond motifs is 1. The van der Waals surface area contributed by atoms with Crippen molar-refractivity contribution >= 4 is 28.8 Å². The van der Waals surface area contributed by atoms with E-state index in [2.05, 4.69) is 24.3 Å². The maximum Gasteiger partial charge on any atom is 0.289 e. The summed E-state index contributed by atoms with van der Waals surface area (Å²) in [4.78, 5) is 37.2. The molecular formula is C21H24N4O4S. The zero-order valence-corrected chi connectivity index (χ0v) is 18.0. The first-order chi connectivity index (χ1) is 14.3. The van der Waals surface area contributed by atoms with Crippen LogP contribution >= 0.6 is 11.8 Å². The van der Waals surface area contributed by atoms with Crippen molar-refractivity contribution in [2.24, 2.45) is 5.41 Å². The van der Waals surface area contributed by atoms with E-state index < -0.39 is 0 Å². The molecule has 2 aromatic rings. The van der Waals surface area contributed by atoms with Crippen molar-refractivity contribution in [3.05, 3.63) is 41.7 Å². The van der Waals surface area contributed by atoms with E-state index in [9.17, 15) is 14.4 Å². The number of nitrogens with zero attached hydrogens (tertiary/aromatic N) is 3. The average Bonchev–Trinajstić information content (AvgIpc) is 3.25. The van der Waals surface area contributed by atoms with Crippen molar-refractivity contribution in [2.75, 3.05) is 19.4 Å². The Morgan fingerprint density at radius 2 is 2.03 bits per heavy atom. The third-order valence-corrected chi connectivity index (χ3v) is 6.33. The SMILES string of the molecule is COc1ccc(-n2ncc3c2CC(C)(C)C[C@H]3NC(=O)CN2C(=O)CSC2=O)cc1. The van der Waals surface area contributed by atoms with Crippen LogP contribution in [0.3, 0.4) is 0 Å². The average molecular weight is 429 g/mol. The van der Waals surface area contributed by atoms with E-state index in [1.54, 1.807) is 13.3 Å². The highest BCUT2D eigenvalue weighted by atomic mass is 32.2. The molecule has 1 aromatic heterocycles. The number of methoxy groups -OCH3 is 1. The van der Waals surface area contributed by atoms with Gasteiger partial charge >= 0.3 is 0 Å². The van der Waals surface area contributed by atoms with Gasteiger partial charge in [0.25, 0.3) is 5.24 Å². The lowest BCUT2D eigenvalue weighted by atomic mass is 9.74. The Hall–Kier alpha value is -2.81. The molecule has 4 rings (SSSR count). The Kier molecular flexibility index (Phi) is 5.31. The number of rotatable bonds is 5. The molecule has 0 unspecified atom stereocenters. The fourth-order valence-corrected chi connectivity index (χ4v) is 4.76. The summed E-state index contributed by atoms with van der Waals surface area (Å²) in [5, 5.41) is 7.22. The number of amides is 3. The summed E-state index contributed by atoms with van der Waals surface area (Å²) in [5.41, 5.74) is 2.88. The maximum atomic E-state index is 12.6. The molecule has 30 heavy (non-hydrogen) atoms.